The molecule has 0 aromatic carbocycles. The normalized spacial score (nSPS) is 18.7. The molecule has 0 radical (unpaired) electrons. The Kier molecular flexibility index (Phi) is 6.62. The lowest BCUT2D eigenvalue weighted by Crippen LogP contribution is -2.59. The molecule has 9 nitrogen and oxygen atoms in total. The Balaban J connectivity index is 2.59. The zero-order chi connectivity index (χ0) is 17.6. The van der Waals surface area contributed by atoms with Crippen molar-refractivity contribution in [3.05, 3.63) is 0 Å². The van der Waals surface area contributed by atoms with Crippen LogP contribution in [0.2, 0.25) is 0 Å². The number of ether oxygens (including phenoxy) is 1. The van der Waals surface area contributed by atoms with Crippen molar-refractivity contribution in [3.8, 4) is 0 Å². The molecule has 0 spiro atoms. The average Bonchev–Trinajstić information content (AvgIpc) is 2.46. The Morgan fingerprint density at radius 3 is 2.39 bits per heavy atom. The molecule has 1 atom stereocenters. The molecule has 1 aliphatic rings. The van der Waals surface area contributed by atoms with E-state index in [1.165, 1.54) is 9.80 Å². The molecule has 3 N–H and O–H groups in total. The van der Waals surface area contributed by atoms with Gasteiger partial charge in [0.25, 0.3) is 0 Å². The van der Waals surface area contributed by atoms with Crippen LogP contribution >= 0.6 is 0 Å². The molecule has 23 heavy (non-hydrogen) atoms. The first-order valence-corrected chi connectivity index (χ1v) is 7.54. The van der Waals surface area contributed by atoms with Crippen LogP contribution in [0.15, 0.2) is 0 Å². The van der Waals surface area contributed by atoms with Gasteiger partial charge in [-0.2, -0.15) is 0 Å². The highest BCUT2D eigenvalue weighted by atomic mass is 16.5. The van der Waals surface area contributed by atoms with Crippen LogP contribution in [0.5, 0.6) is 0 Å². The van der Waals surface area contributed by atoms with Gasteiger partial charge in [-0.05, 0) is 20.8 Å². The van der Waals surface area contributed by atoms with Crippen molar-refractivity contribution >= 4 is 18.2 Å². The Morgan fingerprint density at radius 1 is 1.22 bits per heavy atom. The molecule has 9 heteroatoms. The van der Waals surface area contributed by atoms with Gasteiger partial charge in [0.1, 0.15) is 0 Å². The number of nitrogens with one attached hydrogen (secondary N) is 1. The largest absolute Gasteiger partial charge is 0.466 e. The quantitative estimate of drug-likeness (QED) is 0.607. The van der Waals surface area contributed by atoms with Gasteiger partial charge >= 0.3 is 18.2 Å². The molecular weight excluding hydrogens is 306 g/mol. The molecule has 1 unspecified atom stereocenters. The Labute approximate surface area is 135 Å². The highest BCUT2D eigenvalue weighted by molar-refractivity contribution is 5.76. The molecule has 0 aromatic rings. The van der Waals surface area contributed by atoms with Crippen molar-refractivity contribution in [2.45, 2.75) is 26.8 Å². The van der Waals surface area contributed by atoms with Gasteiger partial charge in [-0.1, -0.05) is 0 Å². The Hall–Kier alpha value is -2.03. The van der Waals surface area contributed by atoms with Gasteiger partial charge in [0, 0.05) is 32.7 Å². The lowest BCUT2D eigenvalue weighted by atomic mass is 9.93. The maximum atomic E-state index is 11.8. The minimum absolute atomic E-state index is 0.106. The van der Waals surface area contributed by atoms with Gasteiger partial charge in [-0.15, -0.1) is 0 Å². The van der Waals surface area contributed by atoms with Crippen molar-refractivity contribution in [3.63, 3.8) is 0 Å². The summed E-state index contributed by atoms with van der Waals surface area (Å²) < 4.78 is 4.99. The fourth-order valence-electron chi connectivity index (χ4n) is 2.41. The van der Waals surface area contributed by atoms with Gasteiger partial charge in [0.15, 0.2) is 0 Å². The van der Waals surface area contributed by atoms with E-state index in [4.69, 9.17) is 9.84 Å². The molecular formula is C14H25N3O6. The number of amides is 2. The summed E-state index contributed by atoms with van der Waals surface area (Å²) in [5.41, 5.74) is -0.745. The van der Waals surface area contributed by atoms with E-state index < -0.39 is 23.6 Å². The first-order valence-electron chi connectivity index (χ1n) is 7.54. The standard InChI is InChI=1S/C14H25N3O6/c1-4-23-11(18)14(2,3)9-15-7-10-8-16(12(19)20)5-6-17(10)13(21)22/h10,15H,4-9H2,1-3H3,(H,19,20)(H,21,22). The average molecular weight is 331 g/mol. The predicted octanol–water partition coefficient (Wildman–Crippen LogP) is 0.508. The summed E-state index contributed by atoms with van der Waals surface area (Å²) in [5.74, 6) is -0.335. The van der Waals surface area contributed by atoms with Crippen molar-refractivity contribution < 1.29 is 29.3 Å². The number of hydrogen-bond acceptors (Lipinski definition) is 5. The lowest BCUT2D eigenvalue weighted by molar-refractivity contribution is -0.153. The van der Waals surface area contributed by atoms with Gasteiger partial charge in [-0.25, -0.2) is 9.59 Å². The van der Waals surface area contributed by atoms with Gasteiger partial charge in [0.05, 0.1) is 18.1 Å². The van der Waals surface area contributed by atoms with E-state index >= 15 is 0 Å². The minimum atomic E-state index is -1.08. The Morgan fingerprint density at radius 2 is 1.87 bits per heavy atom. The number of piperazine rings is 1. The van der Waals surface area contributed by atoms with Crippen LogP contribution in [-0.2, 0) is 9.53 Å². The highest BCUT2D eigenvalue weighted by Crippen LogP contribution is 2.16. The van der Waals surface area contributed by atoms with Crippen molar-refractivity contribution in [2.24, 2.45) is 5.41 Å². The second-order valence-electron chi connectivity index (χ2n) is 6.09. The summed E-state index contributed by atoms with van der Waals surface area (Å²) in [6.45, 7) is 6.46. The number of esters is 1. The van der Waals surface area contributed by atoms with Crippen LogP contribution in [0.1, 0.15) is 20.8 Å². The van der Waals surface area contributed by atoms with Crippen molar-refractivity contribution in [1.82, 2.24) is 15.1 Å². The van der Waals surface area contributed by atoms with Crippen LogP contribution in [0.4, 0.5) is 9.59 Å². The molecule has 0 bridgehead atoms. The topological polar surface area (TPSA) is 119 Å². The van der Waals surface area contributed by atoms with E-state index in [1.54, 1.807) is 20.8 Å². The van der Waals surface area contributed by atoms with E-state index in [1.807, 2.05) is 0 Å². The number of carbonyl (C=O) groups excluding carboxylic acids is 1. The van der Waals surface area contributed by atoms with E-state index in [0.29, 0.717) is 13.2 Å². The number of hydrogen-bond donors (Lipinski definition) is 3. The molecule has 0 aliphatic carbocycles. The molecule has 1 rings (SSSR count). The van der Waals surface area contributed by atoms with Crippen LogP contribution < -0.4 is 5.32 Å². The number of rotatable bonds is 6. The molecule has 1 saturated heterocycles. The number of carboxylic acid groups (broad SMARTS) is 2. The predicted molar refractivity (Wildman–Crippen MR) is 81.4 cm³/mol. The second kappa shape index (κ2) is 8.00. The molecule has 132 valence electrons. The summed E-state index contributed by atoms with van der Waals surface area (Å²) in [5, 5.41) is 21.3. The smallest absolute Gasteiger partial charge is 0.407 e. The summed E-state index contributed by atoms with van der Waals surface area (Å²) in [6, 6.07) is -0.490. The third-order valence-corrected chi connectivity index (χ3v) is 3.77. The minimum Gasteiger partial charge on any atom is -0.466 e. The van der Waals surface area contributed by atoms with Gasteiger partial charge in [-0.3, -0.25) is 4.79 Å². The zero-order valence-electron chi connectivity index (χ0n) is 13.7. The monoisotopic (exact) mass is 331 g/mol. The third-order valence-electron chi connectivity index (χ3n) is 3.77. The third kappa shape index (κ3) is 5.27. The summed E-state index contributed by atoms with van der Waals surface area (Å²) in [4.78, 5) is 36.5. The zero-order valence-corrected chi connectivity index (χ0v) is 13.7. The summed E-state index contributed by atoms with van der Waals surface area (Å²) in [7, 11) is 0. The fourth-order valence-corrected chi connectivity index (χ4v) is 2.41. The maximum absolute atomic E-state index is 11.8. The molecule has 1 fully saturated rings. The van der Waals surface area contributed by atoms with Crippen LogP contribution in [0.25, 0.3) is 0 Å². The Bertz CT molecular complexity index is 454. The SMILES string of the molecule is CCOC(=O)C(C)(C)CNCC1CN(C(=O)O)CCN1C(=O)O. The number of nitrogens with zero attached hydrogens (tertiary/aromatic N) is 2. The molecule has 1 heterocycles. The van der Waals surface area contributed by atoms with E-state index in [9.17, 15) is 19.5 Å². The fraction of sp³-hybridized carbons (Fsp3) is 0.786. The molecule has 0 saturated carbocycles. The molecule has 2 amide bonds. The van der Waals surface area contributed by atoms with Crippen LogP contribution in [0.3, 0.4) is 0 Å². The molecule has 0 aromatic heterocycles. The van der Waals surface area contributed by atoms with Crippen molar-refractivity contribution in [1.29, 1.82) is 0 Å². The first-order chi connectivity index (χ1) is 10.7. The summed E-state index contributed by atoms with van der Waals surface area (Å²) in [6.07, 6.45) is -2.14. The van der Waals surface area contributed by atoms with E-state index in [-0.39, 0.29) is 32.1 Å². The highest BCUT2D eigenvalue weighted by Gasteiger charge is 2.33. The van der Waals surface area contributed by atoms with Crippen LogP contribution in [0, 0.1) is 5.41 Å². The van der Waals surface area contributed by atoms with E-state index in [0.717, 1.165) is 0 Å². The maximum Gasteiger partial charge on any atom is 0.407 e. The summed E-state index contributed by atoms with van der Waals surface area (Å²) >= 11 is 0. The first kappa shape index (κ1) is 19.0. The van der Waals surface area contributed by atoms with E-state index in [2.05, 4.69) is 5.32 Å². The second-order valence-corrected chi connectivity index (χ2v) is 6.09. The molecule has 1 aliphatic heterocycles. The van der Waals surface area contributed by atoms with Gasteiger partial charge < -0.3 is 30.1 Å². The van der Waals surface area contributed by atoms with Crippen molar-refractivity contribution in [2.75, 3.05) is 39.3 Å². The van der Waals surface area contributed by atoms with Crippen LogP contribution in [-0.4, -0.2) is 83.5 Å². The lowest BCUT2D eigenvalue weighted by Gasteiger charge is -2.39. The number of carbonyl (C=O) groups is 3. The van der Waals surface area contributed by atoms with Gasteiger partial charge in [0.2, 0.25) is 0 Å².